The van der Waals surface area contributed by atoms with E-state index < -0.39 is 10.0 Å². The van der Waals surface area contributed by atoms with Crippen molar-refractivity contribution < 1.29 is 8.42 Å². The molecule has 0 spiro atoms. The minimum Gasteiger partial charge on any atom is -0.211 e. The molecule has 3 nitrogen and oxygen atoms in total. The molecule has 2 rings (SSSR count). The van der Waals surface area contributed by atoms with Crippen molar-refractivity contribution in [3.63, 3.8) is 0 Å². The first kappa shape index (κ1) is 14.8. The summed E-state index contributed by atoms with van der Waals surface area (Å²) in [6, 6.07) is 1.65. The van der Waals surface area contributed by atoms with Gasteiger partial charge in [0.15, 0.2) is 0 Å². The minimum atomic E-state index is -3.39. The van der Waals surface area contributed by atoms with E-state index in [2.05, 4.69) is 20.7 Å². The van der Waals surface area contributed by atoms with Gasteiger partial charge in [-0.3, -0.25) is 0 Å². The molecule has 1 heterocycles. The summed E-state index contributed by atoms with van der Waals surface area (Å²) in [6.07, 6.45) is 2.89. The number of halogens is 2. The summed E-state index contributed by atoms with van der Waals surface area (Å²) in [5.41, 5.74) is 0. The fraction of sp³-hybridized carbons (Fsp3) is 0.636. The lowest BCUT2D eigenvalue weighted by atomic mass is 10.1. The van der Waals surface area contributed by atoms with E-state index in [0.717, 1.165) is 27.9 Å². The molecule has 1 fully saturated rings. The Morgan fingerprint density at radius 1 is 1.56 bits per heavy atom. The van der Waals surface area contributed by atoms with Gasteiger partial charge in [-0.1, -0.05) is 0 Å². The van der Waals surface area contributed by atoms with E-state index >= 15 is 0 Å². The number of aryl methyl sites for hydroxylation is 1. The van der Waals surface area contributed by atoms with Crippen LogP contribution in [-0.4, -0.2) is 20.3 Å². The Morgan fingerprint density at radius 2 is 2.28 bits per heavy atom. The number of nitrogens with one attached hydrogen (secondary N) is 1. The third-order valence-electron chi connectivity index (χ3n) is 3.17. The Labute approximate surface area is 125 Å². The van der Waals surface area contributed by atoms with Crippen LogP contribution in [0.5, 0.6) is 0 Å². The highest BCUT2D eigenvalue weighted by atomic mass is 79.9. The molecular weight excluding hydrogens is 358 g/mol. The van der Waals surface area contributed by atoms with Crippen molar-refractivity contribution in [2.75, 3.05) is 6.54 Å². The van der Waals surface area contributed by atoms with Gasteiger partial charge < -0.3 is 0 Å². The molecule has 0 radical (unpaired) electrons. The van der Waals surface area contributed by atoms with E-state index in [9.17, 15) is 8.42 Å². The predicted octanol–water partition coefficient (Wildman–Crippen LogP) is 3.50. The van der Waals surface area contributed by atoms with Crippen LogP contribution >= 0.6 is 38.9 Å². The van der Waals surface area contributed by atoms with Crippen LogP contribution in [-0.2, 0) is 10.0 Å². The first-order valence-corrected chi connectivity index (χ1v) is 9.31. The van der Waals surface area contributed by atoms with Crippen molar-refractivity contribution in [1.82, 2.24) is 4.72 Å². The van der Waals surface area contributed by atoms with Crippen LogP contribution < -0.4 is 4.72 Å². The van der Waals surface area contributed by atoms with Gasteiger partial charge in [-0.05, 0) is 54.1 Å². The van der Waals surface area contributed by atoms with Crippen molar-refractivity contribution in [2.45, 2.75) is 36.5 Å². The zero-order valence-electron chi connectivity index (χ0n) is 9.95. The maximum Gasteiger partial charge on any atom is 0.241 e. The third kappa shape index (κ3) is 3.48. The van der Waals surface area contributed by atoms with E-state index in [1.54, 1.807) is 6.07 Å². The highest BCUT2D eigenvalue weighted by molar-refractivity contribution is 9.11. The molecule has 1 aromatic heterocycles. The van der Waals surface area contributed by atoms with Crippen molar-refractivity contribution in [3.05, 3.63) is 14.7 Å². The number of thiophene rings is 1. The molecule has 18 heavy (non-hydrogen) atoms. The SMILES string of the molecule is Cc1sc(Br)cc1S(=O)(=O)NCC1CCC(Cl)C1. The topological polar surface area (TPSA) is 46.2 Å². The van der Waals surface area contributed by atoms with E-state index in [1.807, 2.05) is 6.92 Å². The molecule has 0 saturated heterocycles. The van der Waals surface area contributed by atoms with Crippen molar-refractivity contribution in [2.24, 2.45) is 5.92 Å². The molecule has 0 aromatic carbocycles. The molecule has 2 unspecified atom stereocenters. The standard InChI is InChI=1S/C11H15BrClNO2S2/c1-7-10(5-11(12)17-7)18(15,16)14-6-8-2-3-9(13)4-8/h5,8-9,14H,2-4,6H2,1H3. The zero-order chi connectivity index (χ0) is 13.3. The smallest absolute Gasteiger partial charge is 0.211 e. The normalized spacial score (nSPS) is 24.6. The molecule has 0 aliphatic heterocycles. The lowest BCUT2D eigenvalue weighted by molar-refractivity contribution is 0.520. The van der Waals surface area contributed by atoms with Gasteiger partial charge >= 0.3 is 0 Å². The number of hydrogen-bond acceptors (Lipinski definition) is 3. The Morgan fingerprint density at radius 3 is 2.78 bits per heavy atom. The highest BCUT2D eigenvalue weighted by Gasteiger charge is 2.26. The molecule has 1 N–H and O–H groups in total. The fourth-order valence-electron chi connectivity index (χ4n) is 2.20. The summed E-state index contributed by atoms with van der Waals surface area (Å²) in [7, 11) is -3.39. The molecule has 1 saturated carbocycles. The molecular formula is C11H15BrClNO2S2. The van der Waals surface area contributed by atoms with Gasteiger partial charge in [0.1, 0.15) is 0 Å². The second-order valence-electron chi connectivity index (χ2n) is 4.60. The summed E-state index contributed by atoms with van der Waals surface area (Å²) < 4.78 is 27.8. The fourth-order valence-corrected chi connectivity index (χ4v) is 6.11. The second-order valence-corrected chi connectivity index (χ2v) is 9.59. The predicted molar refractivity (Wildman–Crippen MR) is 78.9 cm³/mol. The third-order valence-corrected chi connectivity index (χ3v) is 6.80. The Balaban J connectivity index is 2.02. The molecule has 2 atom stereocenters. The monoisotopic (exact) mass is 371 g/mol. The quantitative estimate of drug-likeness (QED) is 0.822. The van der Waals surface area contributed by atoms with Crippen molar-refractivity contribution in [3.8, 4) is 0 Å². The van der Waals surface area contributed by atoms with Gasteiger partial charge in [0.25, 0.3) is 0 Å². The van der Waals surface area contributed by atoms with Crippen LogP contribution in [0.15, 0.2) is 14.7 Å². The number of sulfonamides is 1. The largest absolute Gasteiger partial charge is 0.241 e. The van der Waals surface area contributed by atoms with Gasteiger partial charge in [-0.25, -0.2) is 13.1 Å². The van der Waals surface area contributed by atoms with E-state index in [4.69, 9.17) is 11.6 Å². The second kappa shape index (κ2) is 5.79. The average Bonchev–Trinajstić information content (AvgIpc) is 2.82. The minimum absolute atomic E-state index is 0.205. The van der Waals surface area contributed by atoms with Crippen LogP contribution in [0.3, 0.4) is 0 Å². The van der Waals surface area contributed by atoms with Gasteiger partial charge in [0.2, 0.25) is 10.0 Å². The van der Waals surface area contributed by atoms with Crippen LogP contribution in [0.25, 0.3) is 0 Å². The Bertz CT molecular complexity index is 529. The van der Waals surface area contributed by atoms with Crippen molar-refractivity contribution >= 4 is 48.9 Å². The van der Waals surface area contributed by atoms with Crippen LogP contribution in [0.1, 0.15) is 24.1 Å². The van der Waals surface area contributed by atoms with E-state index in [1.165, 1.54) is 11.3 Å². The van der Waals surface area contributed by atoms with Gasteiger partial charge in [-0.2, -0.15) is 0 Å². The Kier molecular flexibility index (Phi) is 4.75. The molecule has 0 amide bonds. The molecule has 1 aromatic rings. The van der Waals surface area contributed by atoms with Gasteiger partial charge in [0, 0.05) is 16.8 Å². The maximum absolute atomic E-state index is 12.1. The summed E-state index contributed by atoms with van der Waals surface area (Å²) in [4.78, 5) is 1.18. The van der Waals surface area contributed by atoms with Crippen LogP contribution in [0, 0.1) is 12.8 Å². The first-order valence-electron chi connectivity index (χ1n) is 5.78. The average molecular weight is 373 g/mol. The summed E-state index contributed by atoms with van der Waals surface area (Å²) in [5, 5.41) is 0.205. The molecule has 0 bridgehead atoms. The molecule has 1 aliphatic carbocycles. The van der Waals surface area contributed by atoms with Gasteiger partial charge in [0.05, 0.1) is 8.68 Å². The molecule has 1 aliphatic rings. The first-order chi connectivity index (χ1) is 8.38. The summed E-state index contributed by atoms with van der Waals surface area (Å²) in [6.45, 7) is 2.30. The summed E-state index contributed by atoms with van der Waals surface area (Å²) in [5.74, 6) is 0.365. The van der Waals surface area contributed by atoms with Crippen molar-refractivity contribution in [1.29, 1.82) is 0 Å². The maximum atomic E-state index is 12.1. The lowest BCUT2D eigenvalue weighted by Gasteiger charge is -2.11. The van der Waals surface area contributed by atoms with Crippen LogP contribution in [0.4, 0.5) is 0 Å². The summed E-state index contributed by atoms with van der Waals surface area (Å²) >= 11 is 10.8. The number of hydrogen-bond donors (Lipinski definition) is 1. The molecule has 102 valence electrons. The van der Waals surface area contributed by atoms with E-state index in [0.29, 0.717) is 17.4 Å². The van der Waals surface area contributed by atoms with Crippen LogP contribution in [0.2, 0.25) is 0 Å². The van der Waals surface area contributed by atoms with E-state index in [-0.39, 0.29) is 5.38 Å². The molecule has 7 heteroatoms. The number of alkyl halides is 1. The highest BCUT2D eigenvalue weighted by Crippen LogP contribution is 2.31. The zero-order valence-corrected chi connectivity index (χ0v) is 13.9. The Hall–Kier alpha value is 0.380. The van der Waals surface area contributed by atoms with Gasteiger partial charge in [-0.15, -0.1) is 22.9 Å². The number of rotatable bonds is 4. The lowest BCUT2D eigenvalue weighted by Crippen LogP contribution is -2.28.